The van der Waals surface area contributed by atoms with Crippen LogP contribution in [0, 0.1) is 24.7 Å². The Hall–Kier alpha value is -0.910. The molecule has 1 saturated heterocycles. The molecule has 1 atom stereocenters. The van der Waals surface area contributed by atoms with Gasteiger partial charge in [0.1, 0.15) is 0 Å². The highest BCUT2D eigenvalue weighted by atomic mass is 35.5. The van der Waals surface area contributed by atoms with Gasteiger partial charge in [-0.3, -0.25) is 9.79 Å². The number of aliphatic imine (C=N–C) groups is 1. The fourth-order valence-corrected chi connectivity index (χ4v) is 8.44. The molecule has 6 rings (SSSR count). The van der Waals surface area contributed by atoms with Crippen molar-refractivity contribution in [2.45, 2.75) is 83.3 Å². The largest absolute Gasteiger partial charge is 0.345 e. The number of carbonyl (C=O) groups excluding carboxylic acids is 1. The summed E-state index contributed by atoms with van der Waals surface area (Å²) in [6, 6.07) is 6.23. The molecule has 32 heavy (non-hydrogen) atoms. The summed E-state index contributed by atoms with van der Waals surface area (Å²) in [7, 11) is 0. The molecule has 1 unspecified atom stereocenters. The summed E-state index contributed by atoms with van der Waals surface area (Å²) in [6.45, 7) is 6.42. The number of anilines is 1. The Morgan fingerprint density at radius 3 is 2.41 bits per heavy atom. The number of hydrogen-bond acceptors (Lipinski definition) is 3. The first-order valence-electron chi connectivity index (χ1n) is 11.9. The first kappa shape index (κ1) is 24.2. The summed E-state index contributed by atoms with van der Waals surface area (Å²) in [6.07, 6.45) is 8.67. The Labute approximate surface area is 207 Å². The lowest BCUT2D eigenvalue weighted by molar-refractivity contribution is -0.117. The van der Waals surface area contributed by atoms with Crippen molar-refractivity contribution >= 4 is 52.5 Å². The number of rotatable bonds is 5. The van der Waals surface area contributed by atoms with Crippen molar-refractivity contribution in [3.8, 4) is 0 Å². The number of hydrogen-bond donors (Lipinski definition) is 1. The van der Waals surface area contributed by atoms with E-state index in [2.05, 4.69) is 24.1 Å². The minimum Gasteiger partial charge on any atom is -0.345 e. The highest BCUT2D eigenvalue weighted by Crippen LogP contribution is 2.57. The lowest BCUT2D eigenvalue weighted by Crippen LogP contribution is -2.50. The third-order valence-corrected chi connectivity index (χ3v) is 9.31. The van der Waals surface area contributed by atoms with Crippen molar-refractivity contribution in [3.05, 3.63) is 28.8 Å². The van der Waals surface area contributed by atoms with E-state index in [-0.39, 0.29) is 29.9 Å². The maximum absolute atomic E-state index is 12.8. The van der Waals surface area contributed by atoms with E-state index in [1.807, 2.05) is 36.9 Å². The number of amidine groups is 1. The van der Waals surface area contributed by atoms with Crippen LogP contribution < -0.4 is 5.32 Å². The predicted molar refractivity (Wildman–Crippen MR) is 138 cm³/mol. The second kappa shape index (κ2) is 9.38. The van der Waals surface area contributed by atoms with Gasteiger partial charge in [0, 0.05) is 35.0 Å². The first-order valence-corrected chi connectivity index (χ1v) is 13.2. The van der Waals surface area contributed by atoms with Gasteiger partial charge in [-0.2, -0.15) is 0 Å². The molecule has 1 heterocycles. The van der Waals surface area contributed by atoms with E-state index in [1.165, 1.54) is 43.7 Å². The van der Waals surface area contributed by atoms with Gasteiger partial charge in [-0.25, -0.2) is 0 Å². The number of halogens is 2. The van der Waals surface area contributed by atoms with E-state index in [0.717, 1.165) is 34.8 Å². The zero-order chi connectivity index (χ0) is 21.8. The van der Waals surface area contributed by atoms with Crippen LogP contribution in [0.3, 0.4) is 0 Å². The zero-order valence-corrected chi connectivity index (χ0v) is 21.7. The maximum Gasteiger partial charge on any atom is 0.226 e. The van der Waals surface area contributed by atoms with Crippen molar-refractivity contribution in [2.24, 2.45) is 22.7 Å². The van der Waals surface area contributed by atoms with Gasteiger partial charge >= 0.3 is 0 Å². The lowest BCUT2D eigenvalue weighted by atomic mass is 9.53. The monoisotopic (exact) mass is 495 g/mol. The summed E-state index contributed by atoms with van der Waals surface area (Å²) in [5.41, 5.74) is 1.97. The molecule has 1 amide bonds. The van der Waals surface area contributed by atoms with Crippen LogP contribution in [0.15, 0.2) is 23.2 Å². The molecule has 0 aromatic heterocycles. The van der Waals surface area contributed by atoms with Crippen LogP contribution in [0.5, 0.6) is 0 Å². The average Bonchev–Trinajstić information content (AvgIpc) is 3.05. The molecule has 0 radical (unpaired) electrons. The Morgan fingerprint density at radius 1 is 1.22 bits per heavy atom. The molecule has 0 spiro atoms. The molecular formula is C25H35Cl2N3OS. The molecule has 4 bridgehead atoms. The second-order valence-electron chi connectivity index (χ2n) is 10.7. The van der Waals surface area contributed by atoms with E-state index >= 15 is 0 Å². The average molecular weight is 497 g/mol. The van der Waals surface area contributed by atoms with Crippen LogP contribution in [0.4, 0.5) is 5.69 Å². The van der Waals surface area contributed by atoms with Crippen LogP contribution in [0.25, 0.3) is 0 Å². The molecule has 1 aliphatic heterocycles. The molecule has 1 aromatic carbocycles. The third kappa shape index (κ3) is 4.81. The van der Waals surface area contributed by atoms with Gasteiger partial charge in [0.2, 0.25) is 5.91 Å². The summed E-state index contributed by atoms with van der Waals surface area (Å²) < 4.78 is 0. The van der Waals surface area contributed by atoms with Gasteiger partial charge in [0.05, 0.1) is 5.54 Å². The number of nitrogens with zero attached hydrogens (tertiary/aromatic N) is 2. The molecule has 4 aliphatic carbocycles. The number of amides is 1. The van der Waals surface area contributed by atoms with Gasteiger partial charge in [-0.15, -0.1) is 12.4 Å². The standard InChI is InChI=1S/C25H34ClN3OS.ClH/c1-15(2)29-21(10-23(30)27-20-5-4-16(3)22(26)9-20)14-31-24(29)28-25-11-17-6-18(12-25)8-19(7-17)13-25;/h4-5,9,15,17-19,21H,6-8,10-14H2,1-3H3,(H,27,30);1H. The van der Waals surface area contributed by atoms with Crippen molar-refractivity contribution in [1.29, 1.82) is 0 Å². The quantitative estimate of drug-likeness (QED) is 0.503. The molecule has 4 nitrogen and oxygen atoms in total. The number of thioether (sulfide) groups is 1. The van der Waals surface area contributed by atoms with Crippen molar-refractivity contribution in [2.75, 3.05) is 11.1 Å². The molecule has 5 aliphatic rings. The number of carbonyl (C=O) groups is 1. The number of aryl methyl sites for hydroxylation is 1. The van der Waals surface area contributed by atoms with Crippen molar-refractivity contribution in [1.82, 2.24) is 4.90 Å². The summed E-state index contributed by atoms with van der Waals surface area (Å²) in [5.74, 6) is 3.69. The highest BCUT2D eigenvalue weighted by molar-refractivity contribution is 8.14. The van der Waals surface area contributed by atoms with Gasteiger partial charge in [0.25, 0.3) is 0 Å². The van der Waals surface area contributed by atoms with Crippen LogP contribution in [-0.4, -0.2) is 39.4 Å². The minimum atomic E-state index is 0. The zero-order valence-electron chi connectivity index (χ0n) is 19.3. The highest BCUT2D eigenvalue weighted by Gasteiger charge is 2.51. The molecule has 176 valence electrons. The van der Waals surface area contributed by atoms with Gasteiger partial charge < -0.3 is 10.2 Å². The smallest absolute Gasteiger partial charge is 0.226 e. The summed E-state index contributed by atoms with van der Waals surface area (Å²) >= 11 is 8.08. The topological polar surface area (TPSA) is 44.7 Å². The van der Waals surface area contributed by atoms with Crippen molar-refractivity contribution in [3.63, 3.8) is 0 Å². The Bertz CT molecular complexity index is 868. The Balaban J connectivity index is 0.00000245. The molecule has 1 aromatic rings. The first-order chi connectivity index (χ1) is 14.8. The van der Waals surface area contributed by atoms with Crippen LogP contribution in [-0.2, 0) is 4.79 Å². The van der Waals surface area contributed by atoms with E-state index in [0.29, 0.717) is 17.5 Å². The van der Waals surface area contributed by atoms with E-state index in [1.54, 1.807) is 0 Å². The predicted octanol–water partition coefficient (Wildman–Crippen LogP) is 6.55. The Morgan fingerprint density at radius 2 is 1.84 bits per heavy atom. The summed E-state index contributed by atoms with van der Waals surface area (Å²) in [4.78, 5) is 20.7. The Kier molecular flexibility index (Phi) is 7.10. The fourth-order valence-electron chi connectivity index (χ4n) is 6.87. The third-order valence-electron chi connectivity index (χ3n) is 7.79. The molecule has 5 fully saturated rings. The normalized spacial score (nSPS) is 34.3. The number of benzene rings is 1. The van der Waals surface area contributed by atoms with Crippen LogP contribution >= 0.6 is 35.8 Å². The molecule has 4 saturated carbocycles. The SMILES string of the molecule is Cc1ccc(NC(=O)CC2CSC(=NC34CC5CC(CC(C5)C3)C4)N2C(C)C)cc1Cl.Cl. The second-order valence-corrected chi connectivity index (χ2v) is 12.1. The summed E-state index contributed by atoms with van der Waals surface area (Å²) in [5, 5.41) is 4.91. The van der Waals surface area contributed by atoms with Gasteiger partial charge in [0.15, 0.2) is 5.17 Å². The molecule has 7 heteroatoms. The van der Waals surface area contributed by atoms with Gasteiger partial charge in [-0.05, 0) is 94.7 Å². The fraction of sp³-hybridized carbons (Fsp3) is 0.680. The minimum absolute atomic E-state index is 0. The van der Waals surface area contributed by atoms with Crippen LogP contribution in [0.2, 0.25) is 5.02 Å². The van der Waals surface area contributed by atoms with E-state index in [9.17, 15) is 4.79 Å². The van der Waals surface area contributed by atoms with E-state index in [4.69, 9.17) is 16.6 Å². The molecular weight excluding hydrogens is 461 g/mol. The van der Waals surface area contributed by atoms with Crippen molar-refractivity contribution < 1.29 is 4.79 Å². The van der Waals surface area contributed by atoms with Gasteiger partial charge in [-0.1, -0.05) is 29.4 Å². The lowest BCUT2D eigenvalue weighted by Gasteiger charge is -2.55. The maximum atomic E-state index is 12.8. The van der Waals surface area contributed by atoms with Crippen LogP contribution in [0.1, 0.15) is 64.4 Å². The van der Waals surface area contributed by atoms with E-state index < -0.39 is 0 Å². The molecule has 1 N–H and O–H groups in total. The number of nitrogens with one attached hydrogen (secondary N) is 1.